The highest BCUT2D eigenvalue weighted by atomic mass is 32.2. The number of aromatic nitrogens is 6. The van der Waals surface area contributed by atoms with Crippen LogP contribution in [0.3, 0.4) is 0 Å². The minimum Gasteiger partial charge on any atom is -0.324 e. The van der Waals surface area contributed by atoms with Crippen LogP contribution in [0, 0.1) is 0 Å². The van der Waals surface area contributed by atoms with E-state index in [1.807, 2.05) is 0 Å². The lowest BCUT2D eigenvalue weighted by molar-refractivity contribution is 0.151. The van der Waals surface area contributed by atoms with E-state index in [9.17, 15) is 18.4 Å². The van der Waals surface area contributed by atoms with E-state index in [0.717, 1.165) is 11.8 Å². The summed E-state index contributed by atoms with van der Waals surface area (Å²) in [5.74, 6) is 0.586. The molecule has 0 unspecified atom stereocenters. The van der Waals surface area contributed by atoms with Crippen LogP contribution in [-0.2, 0) is 5.75 Å². The fourth-order valence-corrected chi connectivity index (χ4v) is 3.45. The maximum absolute atomic E-state index is 12.9. The van der Waals surface area contributed by atoms with Crippen LogP contribution in [-0.4, -0.2) is 29.4 Å². The third kappa shape index (κ3) is 3.43. The summed E-state index contributed by atoms with van der Waals surface area (Å²) in [6, 6.07) is 7.45. The van der Waals surface area contributed by atoms with Gasteiger partial charge in [-0.15, -0.1) is 9.73 Å². The number of alkyl halides is 2. The van der Waals surface area contributed by atoms with Gasteiger partial charge in [-0.1, -0.05) is 36.0 Å². The molecule has 0 saturated carbocycles. The topological polar surface area (TPSA) is 97.9 Å². The molecule has 8 nitrogen and oxygen atoms in total. The van der Waals surface area contributed by atoms with Gasteiger partial charge < -0.3 is 4.98 Å². The Balaban J connectivity index is 1.73. The summed E-state index contributed by atoms with van der Waals surface area (Å²) in [6.45, 7) is 0. The number of H-pyrrole nitrogens is 1. The lowest BCUT2D eigenvalue weighted by Crippen LogP contribution is -2.26. The first-order chi connectivity index (χ1) is 13.5. The standard InChI is InChI=1S/C17H12F2N6O2S/c18-15(19)11-3-1-10(2-4-11)9-28-17-23-25-12(5-6-22-25)16(27)24(17)13-7-21-14(26)8-20-13/h1-8,15H,9H2,(H,21,26). The zero-order valence-corrected chi connectivity index (χ0v) is 14.9. The summed E-state index contributed by atoms with van der Waals surface area (Å²) in [5, 5.41) is 8.62. The first-order valence-corrected chi connectivity index (χ1v) is 9.03. The van der Waals surface area contributed by atoms with Crippen LogP contribution < -0.4 is 11.1 Å². The number of nitrogens with one attached hydrogen (secondary N) is 1. The summed E-state index contributed by atoms with van der Waals surface area (Å²) in [6.07, 6.45) is 1.31. The number of hydrogen-bond donors (Lipinski definition) is 1. The lowest BCUT2D eigenvalue weighted by atomic mass is 10.2. The number of thioether (sulfide) groups is 1. The Morgan fingerprint density at radius 2 is 1.93 bits per heavy atom. The van der Waals surface area contributed by atoms with Crippen molar-refractivity contribution in [3.63, 3.8) is 0 Å². The molecular weight excluding hydrogens is 390 g/mol. The van der Waals surface area contributed by atoms with Gasteiger partial charge in [0.25, 0.3) is 17.5 Å². The Labute approximate surface area is 159 Å². The molecule has 4 rings (SSSR count). The minimum absolute atomic E-state index is 0.0563. The van der Waals surface area contributed by atoms with Crippen molar-refractivity contribution >= 4 is 17.3 Å². The van der Waals surface area contributed by atoms with E-state index in [4.69, 9.17) is 0 Å². The fraction of sp³-hybridized carbons (Fsp3) is 0.118. The molecule has 0 spiro atoms. The zero-order chi connectivity index (χ0) is 19.7. The van der Waals surface area contributed by atoms with Crippen molar-refractivity contribution in [3.8, 4) is 5.82 Å². The number of rotatable bonds is 5. The van der Waals surface area contributed by atoms with Gasteiger partial charge in [-0.05, 0) is 11.6 Å². The van der Waals surface area contributed by atoms with E-state index in [1.165, 1.54) is 51.6 Å². The van der Waals surface area contributed by atoms with Crippen LogP contribution >= 0.6 is 11.8 Å². The normalized spacial score (nSPS) is 11.4. The first kappa shape index (κ1) is 18.0. The summed E-state index contributed by atoms with van der Waals surface area (Å²) in [5.41, 5.74) is 0.175. The molecule has 0 aliphatic carbocycles. The van der Waals surface area contributed by atoms with E-state index in [1.54, 1.807) is 12.1 Å². The third-order valence-electron chi connectivity index (χ3n) is 3.90. The number of fused-ring (bicyclic) bond motifs is 1. The molecule has 28 heavy (non-hydrogen) atoms. The summed E-state index contributed by atoms with van der Waals surface area (Å²) in [4.78, 5) is 30.6. The van der Waals surface area contributed by atoms with Crippen LogP contribution in [0.4, 0.5) is 8.78 Å². The molecular formula is C17H12F2N6O2S. The average Bonchev–Trinajstić information content (AvgIpc) is 3.17. The Morgan fingerprint density at radius 3 is 2.61 bits per heavy atom. The molecule has 11 heteroatoms. The predicted molar refractivity (Wildman–Crippen MR) is 98.0 cm³/mol. The van der Waals surface area contributed by atoms with Gasteiger partial charge in [-0.2, -0.15) is 5.10 Å². The predicted octanol–water partition coefficient (Wildman–Crippen LogP) is 2.19. The number of benzene rings is 1. The second kappa shape index (κ2) is 7.35. The molecule has 0 amide bonds. The molecule has 0 aliphatic rings. The van der Waals surface area contributed by atoms with Gasteiger partial charge in [0.05, 0.1) is 12.4 Å². The van der Waals surface area contributed by atoms with E-state index >= 15 is 0 Å². The van der Waals surface area contributed by atoms with Crippen molar-refractivity contribution in [1.82, 2.24) is 29.4 Å². The summed E-state index contributed by atoms with van der Waals surface area (Å²) < 4.78 is 27.9. The van der Waals surface area contributed by atoms with E-state index in [2.05, 4.69) is 20.2 Å². The van der Waals surface area contributed by atoms with Gasteiger partial charge in [-0.3, -0.25) is 9.59 Å². The van der Waals surface area contributed by atoms with Gasteiger partial charge in [0.1, 0.15) is 0 Å². The van der Waals surface area contributed by atoms with E-state index in [-0.39, 0.29) is 16.9 Å². The quantitative estimate of drug-likeness (QED) is 0.514. The Bertz CT molecular complexity index is 1230. The van der Waals surface area contributed by atoms with Crippen LogP contribution in [0.2, 0.25) is 0 Å². The van der Waals surface area contributed by atoms with Gasteiger partial charge in [-0.25, -0.2) is 18.3 Å². The highest BCUT2D eigenvalue weighted by Crippen LogP contribution is 2.24. The molecule has 0 radical (unpaired) electrons. The molecule has 1 N–H and O–H groups in total. The number of nitrogens with zero attached hydrogens (tertiary/aromatic N) is 5. The molecule has 0 atom stereocenters. The van der Waals surface area contributed by atoms with Crippen molar-refractivity contribution in [3.05, 3.63) is 80.8 Å². The molecule has 142 valence electrons. The second-order valence-electron chi connectivity index (χ2n) is 5.73. The highest BCUT2D eigenvalue weighted by molar-refractivity contribution is 7.98. The number of aromatic amines is 1. The smallest absolute Gasteiger partial charge is 0.286 e. The Hall–Kier alpha value is -3.34. The lowest BCUT2D eigenvalue weighted by Gasteiger charge is -2.11. The third-order valence-corrected chi connectivity index (χ3v) is 4.90. The maximum Gasteiger partial charge on any atom is 0.286 e. The van der Waals surface area contributed by atoms with Crippen molar-refractivity contribution < 1.29 is 8.78 Å². The molecule has 0 fully saturated rings. The summed E-state index contributed by atoms with van der Waals surface area (Å²) in [7, 11) is 0. The van der Waals surface area contributed by atoms with Crippen LogP contribution in [0.15, 0.2) is 63.7 Å². The van der Waals surface area contributed by atoms with Crippen molar-refractivity contribution in [2.45, 2.75) is 17.3 Å². The van der Waals surface area contributed by atoms with Crippen LogP contribution in [0.5, 0.6) is 0 Å². The van der Waals surface area contributed by atoms with Crippen LogP contribution in [0.1, 0.15) is 17.6 Å². The second-order valence-corrected chi connectivity index (χ2v) is 6.67. The van der Waals surface area contributed by atoms with Gasteiger partial charge in [0, 0.05) is 17.5 Å². The van der Waals surface area contributed by atoms with Crippen molar-refractivity contribution in [1.29, 1.82) is 0 Å². The largest absolute Gasteiger partial charge is 0.324 e. The summed E-state index contributed by atoms with van der Waals surface area (Å²) >= 11 is 1.22. The zero-order valence-electron chi connectivity index (χ0n) is 14.1. The van der Waals surface area contributed by atoms with Crippen molar-refractivity contribution in [2.24, 2.45) is 0 Å². The first-order valence-electron chi connectivity index (χ1n) is 8.05. The maximum atomic E-state index is 12.9. The van der Waals surface area contributed by atoms with E-state index < -0.39 is 17.5 Å². The molecule has 4 aromatic rings. The number of halogens is 2. The molecule has 1 aromatic carbocycles. The molecule has 0 bridgehead atoms. The minimum atomic E-state index is -2.53. The fourth-order valence-electron chi connectivity index (χ4n) is 2.52. The Morgan fingerprint density at radius 1 is 1.14 bits per heavy atom. The average molecular weight is 402 g/mol. The van der Waals surface area contributed by atoms with E-state index in [0.29, 0.717) is 10.9 Å². The van der Waals surface area contributed by atoms with Gasteiger partial charge in [0.2, 0.25) is 0 Å². The molecule has 0 saturated heterocycles. The SMILES string of the molecule is O=c1cnc(-n2c(SCc3ccc(C(F)F)cc3)nn3nccc3c2=O)c[nH]1. The number of hydrogen-bond acceptors (Lipinski definition) is 6. The van der Waals surface area contributed by atoms with Gasteiger partial charge >= 0.3 is 0 Å². The molecule has 3 aromatic heterocycles. The Kier molecular flexibility index (Phi) is 4.74. The monoisotopic (exact) mass is 402 g/mol. The highest BCUT2D eigenvalue weighted by Gasteiger charge is 2.15. The molecule has 3 heterocycles. The molecule has 0 aliphatic heterocycles. The van der Waals surface area contributed by atoms with Crippen molar-refractivity contribution in [2.75, 3.05) is 0 Å². The van der Waals surface area contributed by atoms with Gasteiger partial charge in [0.15, 0.2) is 16.5 Å². The van der Waals surface area contributed by atoms with Crippen LogP contribution in [0.25, 0.3) is 11.3 Å².